The SMILES string of the molecule is C1=Cc2ccc(-c3nc(-c4ccccc4)cc(-c4ccccc4)n3)cc2-c2ccccc2Oc2ccccc2-c2ccccc21. The van der Waals surface area contributed by atoms with E-state index in [0.29, 0.717) is 5.82 Å². The Morgan fingerprint density at radius 3 is 1.47 bits per heavy atom. The minimum atomic E-state index is 0.672. The molecule has 0 amide bonds. The molecule has 0 fully saturated rings. The van der Waals surface area contributed by atoms with Crippen molar-refractivity contribution in [1.29, 1.82) is 0 Å². The molecule has 1 aliphatic rings. The number of fused-ring (bicyclic) bond motifs is 6. The van der Waals surface area contributed by atoms with Crippen molar-refractivity contribution in [1.82, 2.24) is 9.97 Å². The van der Waals surface area contributed by atoms with Crippen molar-refractivity contribution in [2.24, 2.45) is 0 Å². The standard InChI is InChI=1S/C42H28N2O/c1-3-14-31(15-4-1)38-28-39(32-16-5-2-6-17-32)44-42(43-38)33-26-25-30-24-23-29-13-7-8-18-34(29)35-19-9-11-21-40(35)45-41-22-12-10-20-36(41)37(30)27-33/h1-28H. The quantitative estimate of drug-likeness (QED) is 0.210. The van der Waals surface area contributed by atoms with Gasteiger partial charge in [0.1, 0.15) is 11.5 Å². The Morgan fingerprint density at radius 1 is 0.356 bits per heavy atom. The smallest absolute Gasteiger partial charge is 0.160 e. The molecule has 0 N–H and O–H groups in total. The fourth-order valence-corrected chi connectivity index (χ4v) is 5.91. The highest BCUT2D eigenvalue weighted by Gasteiger charge is 2.18. The number of ether oxygens (including phenoxy) is 1. The monoisotopic (exact) mass is 576 g/mol. The molecule has 1 aromatic heterocycles. The summed E-state index contributed by atoms with van der Waals surface area (Å²) < 4.78 is 6.73. The maximum absolute atomic E-state index is 6.73. The molecule has 3 heteroatoms. The van der Waals surface area contributed by atoms with Crippen LogP contribution in [0.25, 0.3) is 68.3 Å². The average molecular weight is 577 g/mol. The van der Waals surface area contributed by atoms with Gasteiger partial charge in [-0.25, -0.2) is 9.97 Å². The number of aromatic nitrogens is 2. The predicted octanol–water partition coefficient (Wildman–Crippen LogP) is 11.1. The zero-order chi connectivity index (χ0) is 30.0. The van der Waals surface area contributed by atoms with E-state index in [4.69, 9.17) is 14.7 Å². The molecule has 7 aromatic rings. The van der Waals surface area contributed by atoms with E-state index in [2.05, 4.69) is 109 Å². The lowest BCUT2D eigenvalue weighted by atomic mass is 9.94. The summed E-state index contributed by atoms with van der Waals surface area (Å²) in [5, 5.41) is 0. The first-order valence-corrected chi connectivity index (χ1v) is 15.1. The van der Waals surface area contributed by atoms with Gasteiger partial charge in [0.25, 0.3) is 0 Å². The average Bonchev–Trinajstić information content (AvgIpc) is 3.14. The second-order valence-electron chi connectivity index (χ2n) is 11.0. The summed E-state index contributed by atoms with van der Waals surface area (Å²) in [6.45, 7) is 0. The minimum absolute atomic E-state index is 0.672. The molecule has 6 aromatic carbocycles. The summed E-state index contributed by atoms with van der Waals surface area (Å²) >= 11 is 0. The predicted molar refractivity (Wildman–Crippen MR) is 185 cm³/mol. The maximum atomic E-state index is 6.73. The molecule has 3 nitrogen and oxygen atoms in total. The molecular weight excluding hydrogens is 548 g/mol. The van der Waals surface area contributed by atoms with Gasteiger partial charge in [-0.2, -0.15) is 0 Å². The van der Waals surface area contributed by atoms with Crippen molar-refractivity contribution in [3.63, 3.8) is 0 Å². The van der Waals surface area contributed by atoms with Crippen LogP contribution in [0.15, 0.2) is 158 Å². The molecule has 0 atom stereocenters. The van der Waals surface area contributed by atoms with Crippen molar-refractivity contribution in [3.05, 3.63) is 169 Å². The topological polar surface area (TPSA) is 35.0 Å². The Balaban J connectivity index is 1.34. The van der Waals surface area contributed by atoms with Crippen molar-refractivity contribution in [2.45, 2.75) is 0 Å². The summed E-state index contributed by atoms with van der Waals surface area (Å²) in [5.74, 6) is 2.28. The first-order chi connectivity index (χ1) is 22.3. The van der Waals surface area contributed by atoms with Crippen LogP contribution in [0, 0.1) is 0 Å². The zero-order valence-electron chi connectivity index (χ0n) is 24.5. The molecule has 8 rings (SSSR count). The van der Waals surface area contributed by atoms with Crippen LogP contribution in [-0.4, -0.2) is 9.97 Å². The van der Waals surface area contributed by atoms with Gasteiger partial charge in [-0.1, -0.05) is 146 Å². The molecule has 2 heterocycles. The fourth-order valence-electron chi connectivity index (χ4n) is 5.91. The molecule has 0 unspecified atom stereocenters. The molecule has 45 heavy (non-hydrogen) atoms. The van der Waals surface area contributed by atoms with Crippen LogP contribution in [0.2, 0.25) is 0 Å². The van der Waals surface area contributed by atoms with Crippen LogP contribution in [0.5, 0.6) is 11.5 Å². The van der Waals surface area contributed by atoms with Crippen molar-refractivity contribution in [2.75, 3.05) is 0 Å². The van der Waals surface area contributed by atoms with E-state index in [-0.39, 0.29) is 0 Å². The first kappa shape index (κ1) is 26.6. The largest absolute Gasteiger partial charge is 0.456 e. The lowest BCUT2D eigenvalue weighted by Gasteiger charge is -2.16. The Morgan fingerprint density at radius 2 is 0.844 bits per heavy atom. The maximum Gasteiger partial charge on any atom is 0.160 e. The normalized spacial score (nSPS) is 11.6. The molecular formula is C42H28N2O. The number of rotatable bonds is 3. The summed E-state index contributed by atoms with van der Waals surface area (Å²) in [6, 6.07) is 54.0. The van der Waals surface area contributed by atoms with Crippen molar-refractivity contribution >= 4 is 12.2 Å². The molecule has 0 bridgehead atoms. The van der Waals surface area contributed by atoms with Crippen LogP contribution in [0.4, 0.5) is 0 Å². The number of hydrogen-bond donors (Lipinski definition) is 0. The number of benzene rings is 6. The fraction of sp³-hybridized carbons (Fsp3) is 0. The summed E-state index contributed by atoms with van der Waals surface area (Å²) in [7, 11) is 0. The highest BCUT2D eigenvalue weighted by Crippen LogP contribution is 2.42. The van der Waals surface area contributed by atoms with Gasteiger partial charge >= 0.3 is 0 Å². The Labute approximate surface area is 262 Å². The number of hydrogen-bond acceptors (Lipinski definition) is 3. The lowest BCUT2D eigenvalue weighted by Crippen LogP contribution is -1.97. The summed E-state index contributed by atoms with van der Waals surface area (Å²) in [5.41, 5.74) is 11.2. The molecule has 0 radical (unpaired) electrons. The Bertz CT molecular complexity index is 2130. The second-order valence-corrected chi connectivity index (χ2v) is 11.0. The zero-order valence-corrected chi connectivity index (χ0v) is 24.5. The van der Waals surface area contributed by atoms with Crippen LogP contribution < -0.4 is 4.74 Å². The van der Waals surface area contributed by atoms with E-state index in [1.165, 1.54) is 0 Å². The van der Waals surface area contributed by atoms with E-state index >= 15 is 0 Å². The van der Waals surface area contributed by atoms with E-state index in [9.17, 15) is 0 Å². The summed E-state index contributed by atoms with van der Waals surface area (Å²) in [6.07, 6.45) is 4.39. The molecule has 0 saturated carbocycles. The third kappa shape index (κ3) is 5.21. The Kier molecular flexibility index (Phi) is 6.82. The highest BCUT2D eigenvalue weighted by atomic mass is 16.5. The number of nitrogens with zero attached hydrogens (tertiary/aromatic N) is 2. The molecule has 1 aliphatic heterocycles. The minimum Gasteiger partial charge on any atom is -0.456 e. The molecule has 0 saturated heterocycles. The van der Waals surface area contributed by atoms with Gasteiger partial charge in [0, 0.05) is 27.8 Å². The van der Waals surface area contributed by atoms with E-state index in [0.717, 1.165) is 73.0 Å². The van der Waals surface area contributed by atoms with Crippen molar-refractivity contribution < 1.29 is 4.74 Å². The van der Waals surface area contributed by atoms with Gasteiger partial charge in [-0.05, 0) is 46.5 Å². The van der Waals surface area contributed by atoms with Gasteiger partial charge in [0.05, 0.1) is 11.4 Å². The van der Waals surface area contributed by atoms with Gasteiger partial charge in [0.15, 0.2) is 5.82 Å². The third-order valence-corrected chi connectivity index (χ3v) is 8.15. The van der Waals surface area contributed by atoms with Crippen LogP contribution in [-0.2, 0) is 0 Å². The Hall–Kier alpha value is -6.06. The molecule has 0 spiro atoms. The highest BCUT2D eigenvalue weighted by molar-refractivity contribution is 5.90. The van der Waals surface area contributed by atoms with Gasteiger partial charge in [0.2, 0.25) is 0 Å². The third-order valence-electron chi connectivity index (χ3n) is 8.15. The summed E-state index contributed by atoms with van der Waals surface area (Å²) in [4.78, 5) is 10.2. The van der Waals surface area contributed by atoms with Gasteiger partial charge in [-0.3, -0.25) is 0 Å². The molecule has 0 aliphatic carbocycles. The number of para-hydroxylation sites is 2. The van der Waals surface area contributed by atoms with E-state index in [1.54, 1.807) is 0 Å². The van der Waals surface area contributed by atoms with Gasteiger partial charge in [-0.15, -0.1) is 0 Å². The van der Waals surface area contributed by atoms with E-state index in [1.807, 2.05) is 60.7 Å². The van der Waals surface area contributed by atoms with E-state index < -0.39 is 0 Å². The first-order valence-electron chi connectivity index (χ1n) is 15.1. The van der Waals surface area contributed by atoms with Crippen LogP contribution in [0.3, 0.4) is 0 Å². The van der Waals surface area contributed by atoms with Crippen LogP contribution >= 0.6 is 0 Å². The lowest BCUT2D eigenvalue weighted by molar-refractivity contribution is 0.486. The van der Waals surface area contributed by atoms with Gasteiger partial charge < -0.3 is 4.74 Å². The van der Waals surface area contributed by atoms with Crippen LogP contribution in [0.1, 0.15) is 11.1 Å². The second kappa shape index (κ2) is 11.6. The molecule has 212 valence electrons. The van der Waals surface area contributed by atoms with Crippen molar-refractivity contribution in [3.8, 4) is 67.7 Å².